The molecule has 1 saturated heterocycles. The Morgan fingerprint density at radius 3 is 2.20 bits per heavy atom. The molecule has 2 aliphatic rings. The highest BCUT2D eigenvalue weighted by atomic mass is 16.7. The summed E-state index contributed by atoms with van der Waals surface area (Å²) in [6, 6.07) is 10.2. The number of fused-ring (bicyclic) bond motifs is 1. The second-order valence-corrected chi connectivity index (χ2v) is 9.98. The van der Waals surface area contributed by atoms with Crippen molar-refractivity contribution in [2.75, 3.05) is 6.61 Å². The Kier molecular flexibility index (Phi) is 8.42. The highest BCUT2D eigenvalue weighted by Gasteiger charge is 2.48. The molecule has 0 amide bonds. The number of rotatable bonds is 7. The van der Waals surface area contributed by atoms with E-state index in [1.165, 1.54) is 42.5 Å². The van der Waals surface area contributed by atoms with Crippen molar-refractivity contribution in [3.8, 4) is 40.2 Å². The zero-order valence-corrected chi connectivity index (χ0v) is 22.6. The average Bonchev–Trinajstić information content (AvgIpc) is 2.98. The summed E-state index contributed by atoms with van der Waals surface area (Å²) in [5.41, 5.74) is 0.595. The summed E-state index contributed by atoms with van der Waals surface area (Å²) in [4.78, 5) is 12.6. The first-order valence-corrected chi connectivity index (χ1v) is 13.1. The molecule has 9 N–H and O–H groups in total. The predicted octanol–water partition coefficient (Wildman–Crippen LogP) is 1.48. The van der Waals surface area contributed by atoms with Gasteiger partial charge in [-0.3, -0.25) is 0 Å². The van der Waals surface area contributed by atoms with Crippen LogP contribution in [0.4, 0.5) is 0 Å². The number of ether oxygens (including phenoxy) is 4. The lowest BCUT2D eigenvalue weighted by atomic mass is 9.98. The van der Waals surface area contributed by atoms with Gasteiger partial charge in [-0.25, -0.2) is 4.79 Å². The zero-order valence-electron chi connectivity index (χ0n) is 22.6. The van der Waals surface area contributed by atoms with Crippen LogP contribution in [0.15, 0.2) is 60.4 Å². The van der Waals surface area contributed by atoms with Gasteiger partial charge in [-0.15, -0.1) is 0 Å². The Morgan fingerprint density at radius 1 is 0.864 bits per heavy atom. The van der Waals surface area contributed by atoms with Gasteiger partial charge < -0.3 is 64.9 Å². The number of carbonyl (C=O) groups excluding carboxylic acids is 1. The summed E-state index contributed by atoms with van der Waals surface area (Å²) in [5, 5.41) is 91.4. The molecular formula is C30H28O14. The lowest BCUT2D eigenvalue weighted by Crippen LogP contribution is -2.60. The minimum atomic E-state index is -1.85. The second kappa shape index (κ2) is 12.2. The molecule has 3 aromatic carbocycles. The SMILES string of the molecule is O=C(/C=C/c1ccc(O)cc1)O[C@@H]1[C@@H](O)[C@H](OC2=Cc3c(O)cc(O)cc3OC2c2cc(O)c(O)c(O)c2)O[C@H](CO)[C@H]1O. The Labute approximate surface area is 248 Å². The third-order valence-electron chi connectivity index (χ3n) is 6.92. The van der Waals surface area contributed by atoms with Gasteiger partial charge in [0.25, 0.3) is 0 Å². The molecule has 0 saturated carbocycles. The summed E-state index contributed by atoms with van der Waals surface area (Å²) in [6.07, 6.45) is -6.00. The molecular weight excluding hydrogens is 584 g/mol. The molecule has 0 aromatic heterocycles. The van der Waals surface area contributed by atoms with Crippen LogP contribution in [-0.4, -0.2) is 89.2 Å². The molecule has 5 rings (SSSR count). The summed E-state index contributed by atoms with van der Waals surface area (Å²) in [7, 11) is 0. The molecule has 14 nitrogen and oxygen atoms in total. The van der Waals surface area contributed by atoms with Crippen LogP contribution < -0.4 is 4.74 Å². The smallest absolute Gasteiger partial charge is 0.331 e. The Bertz CT molecular complexity index is 1570. The number of esters is 1. The summed E-state index contributed by atoms with van der Waals surface area (Å²) in [6.45, 7) is -0.771. The summed E-state index contributed by atoms with van der Waals surface area (Å²) >= 11 is 0. The second-order valence-electron chi connectivity index (χ2n) is 9.98. The standard InChI is InChI=1S/C30H28O14/c31-12-23-26(39)29(44-24(37)6-3-13-1-4-15(32)5-2-13)27(40)30(43-23)42-22-11-17-18(34)9-16(33)10-21(17)41-28(22)14-7-19(35)25(38)20(36)8-14/h1-11,23,26-36,38-40H,12H2/b6-3+/t23-,26-,27-,28?,29+,30-/m1/s1. The van der Waals surface area contributed by atoms with Gasteiger partial charge in [0.1, 0.15) is 41.0 Å². The molecule has 0 spiro atoms. The number of aromatic hydroxyl groups is 6. The topological polar surface area (TPSA) is 236 Å². The zero-order chi connectivity index (χ0) is 31.7. The lowest BCUT2D eigenvalue weighted by Gasteiger charge is -2.42. The monoisotopic (exact) mass is 612 g/mol. The fourth-order valence-electron chi connectivity index (χ4n) is 4.70. The summed E-state index contributed by atoms with van der Waals surface area (Å²) < 4.78 is 22.7. The number of phenolic OH excluding ortho intramolecular Hbond substituents is 6. The van der Waals surface area contributed by atoms with E-state index in [1.54, 1.807) is 0 Å². The first-order chi connectivity index (χ1) is 20.9. The molecule has 0 bridgehead atoms. The summed E-state index contributed by atoms with van der Waals surface area (Å²) in [5.74, 6) is -4.16. The van der Waals surface area contributed by atoms with E-state index in [0.29, 0.717) is 5.56 Å². The van der Waals surface area contributed by atoms with Crippen molar-refractivity contribution < 1.29 is 69.7 Å². The number of aliphatic hydroxyl groups excluding tert-OH is 3. The Balaban J connectivity index is 1.44. The average molecular weight is 613 g/mol. The van der Waals surface area contributed by atoms with Gasteiger partial charge in [0, 0.05) is 23.8 Å². The van der Waals surface area contributed by atoms with E-state index < -0.39 is 72.4 Å². The van der Waals surface area contributed by atoms with Gasteiger partial charge in [-0.05, 0) is 42.0 Å². The normalized spacial score (nSPS) is 24.7. The largest absolute Gasteiger partial charge is 0.508 e. The van der Waals surface area contributed by atoms with Crippen LogP contribution >= 0.6 is 0 Å². The Morgan fingerprint density at radius 2 is 1.55 bits per heavy atom. The molecule has 1 unspecified atom stereocenters. The van der Waals surface area contributed by atoms with Crippen LogP contribution in [-0.2, 0) is 19.0 Å². The van der Waals surface area contributed by atoms with E-state index in [2.05, 4.69) is 0 Å². The van der Waals surface area contributed by atoms with Gasteiger partial charge in [0.15, 0.2) is 35.6 Å². The first-order valence-electron chi connectivity index (χ1n) is 13.1. The van der Waals surface area contributed by atoms with Crippen molar-refractivity contribution in [2.24, 2.45) is 0 Å². The predicted molar refractivity (Wildman–Crippen MR) is 148 cm³/mol. The van der Waals surface area contributed by atoms with E-state index in [9.17, 15) is 50.8 Å². The number of aliphatic hydroxyl groups is 3. The van der Waals surface area contributed by atoms with Crippen LogP contribution in [0.25, 0.3) is 12.2 Å². The number of benzene rings is 3. The molecule has 0 radical (unpaired) electrons. The van der Waals surface area contributed by atoms with E-state index in [0.717, 1.165) is 24.3 Å². The maximum atomic E-state index is 12.6. The van der Waals surface area contributed by atoms with Crippen LogP contribution in [0, 0.1) is 0 Å². The van der Waals surface area contributed by atoms with Crippen molar-refractivity contribution in [1.82, 2.24) is 0 Å². The number of hydrogen-bond donors (Lipinski definition) is 9. The molecule has 2 aliphatic heterocycles. The quantitative estimate of drug-likeness (QED) is 0.104. The Hall–Kier alpha value is -5.15. The number of carbonyl (C=O) groups is 1. The molecule has 6 atom stereocenters. The van der Waals surface area contributed by atoms with E-state index in [1.807, 2.05) is 0 Å². The van der Waals surface area contributed by atoms with Gasteiger partial charge in [-0.1, -0.05) is 12.1 Å². The highest BCUT2D eigenvalue weighted by Crippen LogP contribution is 2.47. The lowest BCUT2D eigenvalue weighted by molar-refractivity contribution is -0.295. The fraction of sp³-hybridized carbons (Fsp3) is 0.233. The molecule has 3 aromatic rings. The highest BCUT2D eigenvalue weighted by molar-refractivity contribution is 5.87. The van der Waals surface area contributed by atoms with Crippen LogP contribution in [0.5, 0.6) is 40.2 Å². The van der Waals surface area contributed by atoms with Crippen LogP contribution in [0.1, 0.15) is 22.8 Å². The minimum Gasteiger partial charge on any atom is -0.508 e. The third-order valence-corrected chi connectivity index (χ3v) is 6.92. The fourth-order valence-corrected chi connectivity index (χ4v) is 4.70. The molecule has 232 valence electrons. The van der Waals surface area contributed by atoms with E-state index in [4.69, 9.17) is 18.9 Å². The van der Waals surface area contributed by atoms with E-state index in [-0.39, 0.29) is 34.1 Å². The molecule has 1 fully saturated rings. The maximum absolute atomic E-state index is 12.6. The van der Waals surface area contributed by atoms with Crippen molar-refractivity contribution in [3.05, 3.63) is 77.1 Å². The molecule has 0 aliphatic carbocycles. The van der Waals surface area contributed by atoms with Crippen molar-refractivity contribution in [1.29, 1.82) is 0 Å². The number of hydrogen-bond acceptors (Lipinski definition) is 14. The van der Waals surface area contributed by atoms with Gasteiger partial charge in [-0.2, -0.15) is 0 Å². The number of phenols is 6. The van der Waals surface area contributed by atoms with Gasteiger partial charge in [0.05, 0.1) is 12.2 Å². The van der Waals surface area contributed by atoms with Crippen LogP contribution in [0.2, 0.25) is 0 Å². The van der Waals surface area contributed by atoms with Crippen molar-refractivity contribution in [3.63, 3.8) is 0 Å². The third kappa shape index (κ3) is 6.14. The maximum Gasteiger partial charge on any atom is 0.331 e. The van der Waals surface area contributed by atoms with Gasteiger partial charge >= 0.3 is 5.97 Å². The molecule has 44 heavy (non-hydrogen) atoms. The van der Waals surface area contributed by atoms with Crippen molar-refractivity contribution >= 4 is 18.1 Å². The van der Waals surface area contributed by atoms with Crippen molar-refractivity contribution in [2.45, 2.75) is 36.8 Å². The minimum absolute atomic E-state index is 0.0175. The first kappa shape index (κ1) is 30.3. The van der Waals surface area contributed by atoms with E-state index >= 15 is 0 Å². The van der Waals surface area contributed by atoms with Gasteiger partial charge in [0.2, 0.25) is 6.29 Å². The molecule has 2 heterocycles. The molecule has 14 heteroatoms. The van der Waals surface area contributed by atoms with Crippen LogP contribution in [0.3, 0.4) is 0 Å².